The number of anilines is 1. The largest absolute Gasteiger partial charge is 0.389 e. The van der Waals surface area contributed by atoms with Gasteiger partial charge in [0.15, 0.2) is 0 Å². The Bertz CT molecular complexity index is 419. The van der Waals surface area contributed by atoms with Crippen molar-refractivity contribution in [3.05, 3.63) is 29.3 Å². The van der Waals surface area contributed by atoms with Gasteiger partial charge in [-0.1, -0.05) is 12.2 Å². The molecule has 0 saturated heterocycles. The van der Waals surface area contributed by atoms with E-state index in [-0.39, 0.29) is 0 Å². The summed E-state index contributed by atoms with van der Waals surface area (Å²) in [6.45, 7) is 7.93. The maximum absolute atomic E-state index is 5.64. The molecule has 0 aromatic heterocycles. The molecule has 4 heteroatoms. The van der Waals surface area contributed by atoms with Crippen LogP contribution in [-0.4, -0.2) is 24.2 Å². The summed E-state index contributed by atoms with van der Waals surface area (Å²) < 4.78 is 5.50. The number of aryl methyl sites for hydroxylation is 1. The normalized spacial score (nSPS) is 10.7. The Hall–Kier alpha value is -1.13. The van der Waals surface area contributed by atoms with Gasteiger partial charge in [-0.05, 0) is 57.4 Å². The molecule has 0 saturated carbocycles. The molecule has 0 unspecified atom stereocenters. The lowest BCUT2D eigenvalue weighted by atomic mass is 10.1. The van der Waals surface area contributed by atoms with Gasteiger partial charge in [-0.2, -0.15) is 0 Å². The van der Waals surface area contributed by atoms with Crippen LogP contribution in [0.15, 0.2) is 18.2 Å². The number of thiocarbonyl (C=S) groups is 1. The monoisotopic (exact) mass is 280 g/mol. The van der Waals surface area contributed by atoms with Crippen molar-refractivity contribution >= 4 is 22.9 Å². The highest BCUT2D eigenvalue weighted by Crippen LogP contribution is 2.15. The van der Waals surface area contributed by atoms with E-state index in [1.807, 2.05) is 19.1 Å². The van der Waals surface area contributed by atoms with Crippen LogP contribution in [0.3, 0.4) is 0 Å². The molecular formula is C15H24N2OS. The van der Waals surface area contributed by atoms with Crippen LogP contribution in [0, 0.1) is 6.92 Å². The van der Waals surface area contributed by atoms with Crippen molar-refractivity contribution in [1.29, 1.82) is 0 Å². The number of benzene rings is 1. The standard InChI is InChI=1S/C15H24N2OS/c1-11(2)18-9-5-4-8-17-13-6-7-14(15(16)19)12(3)10-13/h6-7,10-11,17H,4-5,8-9H2,1-3H3,(H2,16,19). The minimum atomic E-state index is 0.322. The number of hydrogen-bond donors (Lipinski definition) is 2. The maximum atomic E-state index is 5.64. The van der Waals surface area contributed by atoms with Crippen molar-refractivity contribution in [3.8, 4) is 0 Å². The Kier molecular flexibility index (Phi) is 6.81. The summed E-state index contributed by atoms with van der Waals surface area (Å²) in [4.78, 5) is 0.454. The molecule has 0 atom stereocenters. The number of nitrogens with two attached hydrogens (primary N) is 1. The third-order valence-corrected chi connectivity index (χ3v) is 3.06. The number of ether oxygens (including phenoxy) is 1. The quantitative estimate of drug-likeness (QED) is 0.567. The van der Waals surface area contributed by atoms with E-state index in [9.17, 15) is 0 Å². The van der Waals surface area contributed by atoms with Gasteiger partial charge in [0.2, 0.25) is 0 Å². The first-order valence-electron chi connectivity index (χ1n) is 6.76. The van der Waals surface area contributed by atoms with E-state index in [1.165, 1.54) is 0 Å². The Morgan fingerprint density at radius 3 is 2.68 bits per heavy atom. The summed E-state index contributed by atoms with van der Waals surface area (Å²) in [6, 6.07) is 6.08. The van der Waals surface area contributed by atoms with Crippen LogP contribution in [0.5, 0.6) is 0 Å². The minimum Gasteiger partial charge on any atom is -0.389 e. The second-order valence-electron chi connectivity index (χ2n) is 4.95. The number of rotatable bonds is 8. The van der Waals surface area contributed by atoms with Crippen LogP contribution >= 0.6 is 12.2 Å². The van der Waals surface area contributed by atoms with Gasteiger partial charge in [-0.3, -0.25) is 0 Å². The molecule has 0 aliphatic rings. The van der Waals surface area contributed by atoms with Crippen molar-refractivity contribution in [3.63, 3.8) is 0 Å². The van der Waals surface area contributed by atoms with E-state index in [1.54, 1.807) is 0 Å². The smallest absolute Gasteiger partial charge is 0.104 e. The molecule has 0 radical (unpaired) electrons. The lowest BCUT2D eigenvalue weighted by Gasteiger charge is -2.10. The lowest BCUT2D eigenvalue weighted by molar-refractivity contribution is 0.0765. The zero-order valence-corrected chi connectivity index (χ0v) is 12.8. The first-order chi connectivity index (χ1) is 9.00. The Labute approximate surface area is 121 Å². The van der Waals surface area contributed by atoms with Gasteiger partial charge in [0.1, 0.15) is 4.99 Å². The lowest BCUT2D eigenvalue weighted by Crippen LogP contribution is -2.11. The van der Waals surface area contributed by atoms with E-state index < -0.39 is 0 Å². The molecule has 3 N–H and O–H groups in total. The van der Waals surface area contributed by atoms with Crippen LogP contribution in [0.1, 0.15) is 37.8 Å². The predicted molar refractivity (Wildman–Crippen MR) is 85.9 cm³/mol. The predicted octanol–water partition coefficient (Wildman–Crippen LogP) is 3.25. The van der Waals surface area contributed by atoms with Gasteiger partial charge < -0.3 is 15.8 Å². The van der Waals surface area contributed by atoms with Gasteiger partial charge in [0.05, 0.1) is 6.10 Å². The average Bonchev–Trinajstić information content (AvgIpc) is 2.32. The van der Waals surface area contributed by atoms with Crippen LogP contribution < -0.4 is 11.1 Å². The summed E-state index contributed by atoms with van der Waals surface area (Å²) in [5.41, 5.74) is 8.82. The molecular weight excluding hydrogens is 256 g/mol. The van der Waals surface area contributed by atoms with Crippen LogP contribution in [0.2, 0.25) is 0 Å². The Morgan fingerprint density at radius 2 is 2.11 bits per heavy atom. The summed E-state index contributed by atoms with van der Waals surface area (Å²) in [6.07, 6.45) is 2.50. The summed E-state index contributed by atoms with van der Waals surface area (Å²) in [5.74, 6) is 0. The second-order valence-corrected chi connectivity index (χ2v) is 5.39. The molecule has 0 spiro atoms. The molecule has 0 aliphatic carbocycles. The molecule has 0 heterocycles. The van der Waals surface area contributed by atoms with E-state index in [0.717, 1.165) is 42.8 Å². The highest BCUT2D eigenvalue weighted by atomic mass is 32.1. The van der Waals surface area contributed by atoms with Crippen molar-refractivity contribution < 1.29 is 4.74 Å². The highest BCUT2D eigenvalue weighted by molar-refractivity contribution is 7.80. The van der Waals surface area contributed by atoms with E-state index in [2.05, 4.69) is 25.2 Å². The van der Waals surface area contributed by atoms with Crippen LogP contribution in [0.4, 0.5) is 5.69 Å². The van der Waals surface area contributed by atoms with Crippen LogP contribution in [0.25, 0.3) is 0 Å². The zero-order chi connectivity index (χ0) is 14.3. The van der Waals surface area contributed by atoms with Gasteiger partial charge >= 0.3 is 0 Å². The molecule has 106 valence electrons. The fourth-order valence-corrected chi connectivity index (χ4v) is 2.06. The van der Waals surface area contributed by atoms with Gasteiger partial charge in [0, 0.05) is 24.4 Å². The van der Waals surface area contributed by atoms with Crippen molar-refractivity contribution in [2.24, 2.45) is 5.73 Å². The van der Waals surface area contributed by atoms with Crippen molar-refractivity contribution in [1.82, 2.24) is 0 Å². The first-order valence-corrected chi connectivity index (χ1v) is 7.17. The van der Waals surface area contributed by atoms with Gasteiger partial charge in [-0.15, -0.1) is 0 Å². The number of hydrogen-bond acceptors (Lipinski definition) is 3. The van der Waals surface area contributed by atoms with E-state index in [4.69, 9.17) is 22.7 Å². The highest BCUT2D eigenvalue weighted by Gasteiger charge is 2.02. The fraction of sp³-hybridized carbons (Fsp3) is 0.533. The van der Waals surface area contributed by atoms with Gasteiger partial charge in [0.25, 0.3) is 0 Å². The second kappa shape index (κ2) is 8.12. The van der Waals surface area contributed by atoms with Gasteiger partial charge in [-0.25, -0.2) is 0 Å². The minimum absolute atomic E-state index is 0.322. The van der Waals surface area contributed by atoms with Crippen LogP contribution in [-0.2, 0) is 4.74 Å². The van der Waals surface area contributed by atoms with E-state index >= 15 is 0 Å². The Balaban J connectivity index is 2.30. The van der Waals surface area contributed by atoms with E-state index in [0.29, 0.717) is 11.1 Å². The molecule has 0 fully saturated rings. The van der Waals surface area contributed by atoms with Crippen molar-refractivity contribution in [2.45, 2.75) is 39.7 Å². The average molecular weight is 280 g/mol. The summed E-state index contributed by atoms with van der Waals surface area (Å²) in [7, 11) is 0. The third kappa shape index (κ3) is 6.03. The molecule has 0 aliphatic heterocycles. The van der Waals surface area contributed by atoms with Crippen molar-refractivity contribution in [2.75, 3.05) is 18.5 Å². The molecule has 0 amide bonds. The summed E-state index contributed by atoms with van der Waals surface area (Å²) >= 11 is 4.99. The maximum Gasteiger partial charge on any atom is 0.104 e. The molecule has 0 bridgehead atoms. The zero-order valence-electron chi connectivity index (χ0n) is 12.0. The molecule has 1 aromatic carbocycles. The topological polar surface area (TPSA) is 47.3 Å². The fourth-order valence-electron chi connectivity index (χ4n) is 1.83. The Morgan fingerprint density at radius 1 is 1.37 bits per heavy atom. The molecule has 3 nitrogen and oxygen atoms in total. The molecule has 19 heavy (non-hydrogen) atoms. The number of nitrogens with one attached hydrogen (secondary N) is 1. The molecule has 1 rings (SSSR count). The number of unbranched alkanes of at least 4 members (excludes halogenated alkanes) is 1. The SMILES string of the molecule is Cc1cc(NCCCCOC(C)C)ccc1C(N)=S. The third-order valence-electron chi connectivity index (χ3n) is 2.84. The first kappa shape index (κ1) is 15.9. The summed E-state index contributed by atoms with van der Waals surface area (Å²) in [5, 5.41) is 3.40. The molecule has 1 aromatic rings.